The number of ether oxygens (including phenoxy) is 1. The number of aromatic amines is 1. The van der Waals surface area contributed by atoms with Crippen molar-refractivity contribution in [2.75, 3.05) is 20.7 Å². The molecule has 0 bridgehead atoms. The van der Waals surface area contributed by atoms with Gasteiger partial charge in [-0.15, -0.1) is 0 Å². The van der Waals surface area contributed by atoms with Crippen molar-refractivity contribution in [3.63, 3.8) is 0 Å². The molecule has 3 aromatic rings. The first kappa shape index (κ1) is 16.4. The maximum absolute atomic E-state index is 5.56. The first-order valence-electron chi connectivity index (χ1n) is 9.05. The molecule has 132 valence electrons. The summed E-state index contributed by atoms with van der Waals surface area (Å²) >= 11 is 0. The summed E-state index contributed by atoms with van der Waals surface area (Å²) in [6.45, 7) is 5.34. The summed E-state index contributed by atoms with van der Waals surface area (Å²) in [5, 5.41) is 1.33. The molecule has 0 saturated carbocycles. The Bertz CT molecular complexity index is 872. The van der Waals surface area contributed by atoms with Crippen molar-refractivity contribution in [1.29, 1.82) is 0 Å². The van der Waals surface area contributed by atoms with Crippen LogP contribution in [0.4, 0.5) is 0 Å². The van der Waals surface area contributed by atoms with Crippen LogP contribution >= 0.6 is 0 Å². The van der Waals surface area contributed by atoms with Gasteiger partial charge in [0.1, 0.15) is 0 Å². The van der Waals surface area contributed by atoms with Crippen molar-refractivity contribution in [1.82, 2.24) is 14.5 Å². The fourth-order valence-corrected chi connectivity index (χ4v) is 4.24. The minimum Gasteiger partial charge on any atom is -0.380 e. The molecule has 4 heteroatoms. The zero-order chi connectivity index (χ0) is 17.6. The van der Waals surface area contributed by atoms with Crippen LogP contribution in [0.25, 0.3) is 16.6 Å². The molecule has 0 radical (unpaired) electrons. The normalized spacial score (nSPS) is 21.4. The van der Waals surface area contributed by atoms with Gasteiger partial charge in [-0.3, -0.25) is 0 Å². The second-order valence-corrected chi connectivity index (χ2v) is 7.39. The SMILES string of the molecule is CO[C@@H]1C[C@@H](Cc2c[nH]c3ccc(-n4c(C)ccc4C)cc23)N(C)C1. The first-order valence-corrected chi connectivity index (χ1v) is 9.05. The molecule has 2 aromatic heterocycles. The number of benzene rings is 1. The molecule has 4 rings (SSSR count). The molecule has 2 atom stereocenters. The third kappa shape index (κ3) is 2.90. The predicted octanol–water partition coefficient (Wildman–Crippen LogP) is 3.84. The van der Waals surface area contributed by atoms with E-state index in [1.54, 1.807) is 0 Å². The van der Waals surface area contributed by atoms with Crippen LogP contribution in [-0.4, -0.2) is 47.3 Å². The number of hydrogen-bond donors (Lipinski definition) is 1. The number of nitrogens with one attached hydrogen (secondary N) is 1. The zero-order valence-electron chi connectivity index (χ0n) is 15.5. The second kappa shape index (κ2) is 6.36. The van der Waals surface area contributed by atoms with Crippen LogP contribution in [0.2, 0.25) is 0 Å². The van der Waals surface area contributed by atoms with Crippen LogP contribution in [0.3, 0.4) is 0 Å². The fraction of sp³-hybridized carbons (Fsp3) is 0.429. The summed E-state index contributed by atoms with van der Waals surface area (Å²) in [5.74, 6) is 0. The van der Waals surface area contributed by atoms with Gasteiger partial charge in [0.2, 0.25) is 0 Å². The van der Waals surface area contributed by atoms with Crippen molar-refractivity contribution in [3.05, 3.63) is 53.5 Å². The summed E-state index contributed by atoms with van der Waals surface area (Å²) in [5.41, 5.74) is 6.39. The highest BCUT2D eigenvalue weighted by molar-refractivity contribution is 5.85. The molecule has 1 aliphatic rings. The third-order valence-electron chi connectivity index (χ3n) is 5.72. The van der Waals surface area contributed by atoms with E-state index in [1.807, 2.05) is 7.11 Å². The van der Waals surface area contributed by atoms with Gasteiger partial charge in [0.25, 0.3) is 0 Å². The Balaban J connectivity index is 1.68. The van der Waals surface area contributed by atoms with Gasteiger partial charge in [-0.2, -0.15) is 0 Å². The van der Waals surface area contributed by atoms with Crippen molar-refractivity contribution >= 4 is 10.9 Å². The minimum atomic E-state index is 0.362. The van der Waals surface area contributed by atoms with E-state index in [0.29, 0.717) is 12.1 Å². The number of likely N-dealkylation sites (tertiary alicyclic amines) is 1. The highest BCUT2D eigenvalue weighted by atomic mass is 16.5. The topological polar surface area (TPSA) is 33.2 Å². The van der Waals surface area contributed by atoms with Gasteiger partial charge in [-0.1, -0.05) is 0 Å². The van der Waals surface area contributed by atoms with Gasteiger partial charge >= 0.3 is 0 Å². The van der Waals surface area contributed by atoms with E-state index in [-0.39, 0.29) is 0 Å². The molecule has 1 fully saturated rings. The Morgan fingerprint density at radius 2 is 1.92 bits per heavy atom. The van der Waals surface area contributed by atoms with Crippen LogP contribution in [0.15, 0.2) is 36.5 Å². The molecular weight excluding hydrogens is 310 g/mol. The lowest BCUT2D eigenvalue weighted by Gasteiger charge is -2.18. The number of H-pyrrole nitrogens is 1. The van der Waals surface area contributed by atoms with Crippen LogP contribution in [0, 0.1) is 13.8 Å². The third-order valence-corrected chi connectivity index (χ3v) is 5.72. The highest BCUT2D eigenvalue weighted by Crippen LogP contribution is 2.28. The molecule has 0 unspecified atom stereocenters. The largest absolute Gasteiger partial charge is 0.380 e. The molecular formula is C21H27N3O. The lowest BCUT2D eigenvalue weighted by molar-refractivity contribution is 0.111. The van der Waals surface area contributed by atoms with E-state index in [2.05, 4.69) is 71.9 Å². The van der Waals surface area contributed by atoms with Crippen LogP contribution in [-0.2, 0) is 11.2 Å². The minimum absolute atomic E-state index is 0.362. The predicted molar refractivity (Wildman–Crippen MR) is 103 cm³/mol. The summed E-state index contributed by atoms with van der Waals surface area (Å²) in [6, 6.07) is 11.6. The number of methoxy groups -OCH3 is 1. The number of fused-ring (bicyclic) bond motifs is 1. The molecule has 0 amide bonds. The van der Waals surface area contributed by atoms with E-state index in [4.69, 9.17) is 4.74 Å². The van der Waals surface area contributed by atoms with E-state index >= 15 is 0 Å². The monoisotopic (exact) mass is 337 g/mol. The molecule has 25 heavy (non-hydrogen) atoms. The standard InChI is InChI=1S/C21H27N3O/c1-14-5-6-15(2)24(14)17-7-8-21-20(11-17)16(12-22-21)9-18-10-19(25-4)13-23(18)3/h5-8,11-12,18-19,22H,9-10,13H2,1-4H3/t18-,19-/m1/s1. The van der Waals surface area contributed by atoms with E-state index in [0.717, 1.165) is 19.4 Å². The van der Waals surface area contributed by atoms with Gasteiger partial charge < -0.3 is 19.2 Å². The lowest BCUT2D eigenvalue weighted by Crippen LogP contribution is -2.27. The quantitative estimate of drug-likeness (QED) is 0.785. The van der Waals surface area contributed by atoms with Gasteiger partial charge in [0.05, 0.1) is 6.10 Å². The molecule has 1 aromatic carbocycles. The fourth-order valence-electron chi connectivity index (χ4n) is 4.24. The number of aromatic nitrogens is 2. The van der Waals surface area contributed by atoms with E-state index in [9.17, 15) is 0 Å². The summed E-state index contributed by atoms with van der Waals surface area (Å²) < 4.78 is 7.88. The molecule has 3 heterocycles. The number of likely N-dealkylation sites (N-methyl/N-ethyl adjacent to an activating group) is 1. The van der Waals surface area contributed by atoms with Crippen LogP contribution in [0.1, 0.15) is 23.4 Å². The Kier molecular flexibility index (Phi) is 4.18. The van der Waals surface area contributed by atoms with Gasteiger partial charge in [0, 0.05) is 53.9 Å². The Morgan fingerprint density at radius 3 is 2.60 bits per heavy atom. The molecule has 4 nitrogen and oxygen atoms in total. The van der Waals surface area contributed by atoms with Crippen LogP contribution in [0.5, 0.6) is 0 Å². The van der Waals surface area contributed by atoms with Crippen LogP contribution < -0.4 is 0 Å². The highest BCUT2D eigenvalue weighted by Gasteiger charge is 2.29. The Hall–Kier alpha value is -2.04. The smallest absolute Gasteiger partial charge is 0.0713 e. The number of hydrogen-bond acceptors (Lipinski definition) is 2. The van der Waals surface area contributed by atoms with Gasteiger partial charge in [-0.05, 0) is 69.6 Å². The summed E-state index contributed by atoms with van der Waals surface area (Å²) in [6.07, 6.45) is 4.71. The summed E-state index contributed by atoms with van der Waals surface area (Å²) in [7, 11) is 4.02. The van der Waals surface area contributed by atoms with Crippen molar-refractivity contribution in [2.45, 2.75) is 38.8 Å². The molecule has 1 aliphatic heterocycles. The summed E-state index contributed by atoms with van der Waals surface area (Å²) in [4.78, 5) is 5.87. The van der Waals surface area contributed by atoms with E-state index in [1.165, 1.54) is 33.5 Å². The molecule has 1 saturated heterocycles. The molecule has 0 aliphatic carbocycles. The van der Waals surface area contributed by atoms with Gasteiger partial charge in [-0.25, -0.2) is 0 Å². The number of rotatable bonds is 4. The molecule has 1 N–H and O–H groups in total. The lowest BCUT2D eigenvalue weighted by atomic mass is 10.0. The molecule has 0 spiro atoms. The van der Waals surface area contributed by atoms with Crippen molar-refractivity contribution in [3.8, 4) is 5.69 Å². The average molecular weight is 337 g/mol. The maximum atomic E-state index is 5.56. The Morgan fingerprint density at radius 1 is 1.16 bits per heavy atom. The van der Waals surface area contributed by atoms with Gasteiger partial charge in [0.15, 0.2) is 0 Å². The zero-order valence-corrected chi connectivity index (χ0v) is 15.5. The Labute approximate surface area is 149 Å². The second-order valence-electron chi connectivity index (χ2n) is 7.39. The maximum Gasteiger partial charge on any atom is 0.0713 e. The number of nitrogens with zero attached hydrogens (tertiary/aromatic N) is 2. The average Bonchev–Trinajstić information content (AvgIpc) is 3.26. The first-order chi connectivity index (χ1) is 12.1. The van der Waals surface area contributed by atoms with E-state index < -0.39 is 0 Å². The van der Waals surface area contributed by atoms with Crippen molar-refractivity contribution < 1.29 is 4.74 Å². The number of aryl methyl sites for hydroxylation is 2. The van der Waals surface area contributed by atoms with Crippen molar-refractivity contribution in [2.24, 2.45) is 0 Å².